The highest BCUT2D eigenvalue weighted by molar-refractivity contribution is 6.03. The van der Waals surface area contributed by atoms with Crippen LogP contribution in [0.1, 0.15) is 44.7 Å². The summed E-state index contributed by atoms with van der Waals surface area (Å²) in [5.74, 6) is -2.49. The van der Waals surface area contributed by atoms with Crippen molar-refractivity contribution in [3.8, 4) is 0 Å². The van der Waals surface area contributed by atoms with Crippen molar-refractivity contribution in [1.29, 1.82) is 0 Å². The molecule has 0 unspecified atom stereocenters. The van der Waals surface area contributed by atoms with E-state index in [1.807, 2.05) is 0 Å². The summed E-state index contributed by atoms with van der Waals surface area (Å²) >= 11 is 0. The number of ether oxygens (including phenoxy) is 2. The summed E-state index contributed by atoms with van der Waals surface area (Å²) in [6, 6.07) is 3.02. The van der Waals surface area contributed by atoms with Gasteiger partial charge in [0.1, 0.15) is 0 Å². The van der Waals surface area contributed by atoms with Crippen molar-refractivity contribution in [3.63, 3.8) is 0 Å². The minimum absolute atomic E-state index is 0.150. The van der Waals surface area contributed by atoms with Crippen LogP contribution in [0.3, 0.4) is 0 Å². The molecule has 2 N–H and O–H groups in total. The second-order valence-electron chi connectivity index (χ2n) is 5.02. The Morgan fingerprint density at radius 3 is 2.04 bits per heavy atom. The zero-order chi connectivity index (χ0) is 17.9. The fourth-order valence-corrected chi connectivity index (χ4v) is 2.48. The number of rotatable bonds is 12. The van der Waals surface area contributed by atoms with E-state index in [0.29, 0.717) is 44.5 Å². The van der Waals surface area contributed by atoms with Crippen molar-refractivity contribution in [2.45, 2.75) is 25.7 Å². The van der Waals surface area contributed by atoms with Gasteiger partial charge in [0.2, 0.25) is 0 Å². The van der Waals surface area contributed by atoms with E-state index in [4.69, 9.17) is 9.47 Å². The first-order valence-corrected chi connectivity index (χ1v) is 7.59. The van der Waals surface area contributed by atoms with Gasteiger partial charge in [0.15, 0.2) is 0 Å². The lowest BCUT2D eigenvalue weighted by molar-refractivity contribution is 0.0650. The molecule has 0 atom stereocenters. The van der Waals surface area contributed by atoms with Gasteiger partial charge in [-0.25, -0.2) is 9.59 Å². The fraction of sp³-hybridized carbons (Fsp3) is 0.333. The van der Waals surface area contributed by atoms with Crippen molar-refractivity contribution < 1.29 is 29.3 Å². The van der Waals surface area contributed by atoms with Crippen LogP contribution in [0.5, 0.6) is 0 Å². The third-order valence-corrected chi connectivity index (χ3v) is 3.49. The number of carboxylic acid groups (broad SMARTS) is 2. The summed E-state index contributed by atoms with van der Waals surface area (Å²) in [6.07, 6.45) is 4.90. The second-order valence-corrected chi connectivity index (χ2v) is 5.02. The highest BCUT2D eigenvalue weighted by atomic mass is 16.5. The first kappa shape index (κ1) is 19.3. The lowest BCUT2D eigenvalue weighted by Gasteiger charge is -2.15. The van der Waals surface area contributed by atoms with Crippen LogP contribution in [-0.4, -0.2) is 35.4 Å². The zero-order valence-electron chi connectivity index (χ0n) is 13.5. The van der Waals surface area contributed by atoms with Crippen molar-refractivity contribution >= 4 is 11.9 Å². The van der Waals surface area contributed by atoms with Crippen LogP contribution in [0.15, 0.2) is 37.8 Å². The molecule has 0 aliphatic rings. The Bertz CT molecular complexity index is 606. The molecule has 0 amide bonds. The van der Waals surface area contributed by atoms with Gasteiger partial charge in [-0.2, -0.15) is 0 Å². The third-order valence-electron chi connectivity index (χ3n) is 3.49. The molecule has 1 aromatic carbocycles. The van der Waals surface area contributed by atoms with Crippen LogP contribution < -0.4 is 0 Å². The monoisotopic (exact) mass is 334 g/mol. The molecule has 0 aliphatic heterocycles. The zero-order valence-corrected chi connectivity index (χ0v) is 13.5. The Kier molecular flexibility index (Phi) is 8.11. The van der Waals surface area contributed by atoms with E-state index in [2.05, 4.69) is 13.2 Å². The van der Waals surface area contributed by atoms with E-state index in [1.54, 1.807) is 6.07 Å². The summed E-state index contributed by atoms with van der Waals surface area (Å²) in [6.45, 7) is 7.76. The molecule has 0 radical (unpaired) electrons. The Morgan fingerprint density at radius 1 is 0.958 bits per heavy atom. The lowest BCUT2D eigenvalue weighted by atomic mass is 9.90. The van der Waals surface area contributed by atoms with Gasteiger partial charge in [-0.05, 0) is 42.9 Å². The average Bonchev–Trinajstić information content (AvgIpc) is 2.55. The van der Waals surface area contributed by atoms with E-state index in [1.165, 1.54) is 18.6 Å². The minimum atomic E-state index is -1.25. The van der Waals surface area contributed by atoms with Gasteiger partial charge in [0.25, 0.3) is 0 Å². The summed E-state index contributed by atoms with van der Waals surface area (Å²) in [5, 5.41) is 18.7. The highest BCUT2D eigenvalue weighted by Gasteiger charge is 2.22. The van der Waals surface area contributed by atoms with Gasteiger partial charge in [-0.15, -0.1) is 0 Å². The van der Waals surface area contributed by atoms with Crippen molar-refractivity contribution in [3.05, 3.63) is 60.1 Å². The fourth-order valence-electron chi connectivity index (χ4n) is 2.48. The van der Waals surface area contributed by atoms with Gasteiger partial charge in [0.05, 0.1) is 36.9 Å². The van der Waals surface area contributed by atoms with E-state index in [0.717, 1.165) is 5.56 Å². The molecule has 6 heteroatoms. The predicted molar refractivity (Wildman–Crippen MR) is 89.3 cm³/mol. The average molecular weight is 334 g/mol. The van der Waals surface area contributed by atoms with Crippen LogP contribution >= 0.6 is 0 Å². The molecule has 0 aromatic heterocycles. The molecule has 6 nitrogen and oxygen atoms in total. The Balaban J connectivity index is 3.12. The van der Waals surface area contributed by atoms with Crippen LogP contribution in [0.4, 0.5) is 0 Å². The van der Waals surface area contributed by atoms with E-state index in [-0.39, 0.29) is 11.1 Å². The Labute approximate surface area is 141 Å². The first-order chi connectivity index (χ1) is 11.5. The molecular formula is C18H22O6. The molecule has 0 saturated heterocycles. The van der Waals surface area contributed by atoms with Crippen molar-refractivity contribution in [2.24, 2.45) is 0 Å². The van der Waals surface area contributed by atoms with E-state index < -0.39 is 11.9 Å². The predicted octanol–water partition coefficient (Wildman–Crippen LogP) is 3.27. The summed E-state index contributed by atoms with van der Waals surface area (Å²) in [7, 11) is 0. The summed E-state index contributed by atoms with van der Waals surface area (Å²) in [5.41, 5.74) is 0.994. The number of hydrogen-bond donors (Lipinski definition) is 2. The number of hydrogen-bond acceptors (Lipinski definition) is 4. The maximum Gasteiger partial charge on any atom is 0.336 e. The minimum Gasteiger partial charge on any atom is -0.502 e. The third kappa shape index (κ3) is 5.46. The van der Waals surface area contributed by atoms with Crippen molar-refractivity contribution in [2.75, 3.05) is 13.2 Å². The summed E-state index contributed by atoms with van der Waals surface area (Å²) in [4.78, 5) is 22.9. The molecule has 0 fully saturated rings. The molecule has 0 bridgehead atoms. The van der Waals surface area contributed by atoms with Crippen LogP contribution in [0, 0.1) is 0 Å². The number of carboxylic acids is 2. The summed E-state index contributed by atoms with van der Waals surface area (Å²) < 4.78 is 10.1. The van der Waals surface area contributed by atoms with Crippen LogP contribution in [0.25, 0.3) is 0 Å². The number of aryl methyl sites for hydroxylation is 1. The molecule has 1 rings (SSSR count). The molecule has 1 aromatic rings. The van der Waals surface area contributed by atoms with E-state index in [9.17, 15) is 19.8 Å². The van der Waals surface area contributed by atoms with Gasteiger partial charge >= 0.3 is 11.9 Å². The first-order valence-electron chi connectivity index (χ1n) is 7.59. The number of aromatic carboxylic acids is 2. The van der Waals surface area contributed by atoms with Gasteiger partial charge in [-0.3, -0.25) is 0 Å². The normalized spacial score (nSPS) is 10.0. The molecule has 0 heterocycles. The molecular weight excluding hydrogens is 312 g/mol. The lowest BCUT2D eigenvalue weighted by Crippen LogP contribution is -2.14. The Morgan fingerprint density at radius 2 is 1.54 bits per heavy atom. The Hall–Kier alpha value is -2.76. The second kappa shape index (κ2) is 10.1. The largest absolute Gasteiger partial charge is 0.502 e. The number of carbonyl (C=O) groups is 2. The SMILES string of the molecule is C=COCCCc1ccc(C(=O)O)c(C(=O)O)c1CCCOC=C. The van der Waals surface area contributed by atoms with Crippen molar-refractivity contribution in [1.82, 2.24) is 0 Å². The molecule has 24 heavy (non-hydrogen) atoms. The quantitative estimate of drug-likeness (QED) is 0.450. The molecule has 0 saturated carbocycles. The maximum atomic E-state index is 11.6. The smallest absolute Gasteiger partial charge is 0.336 e. The topological polar surface area (TPSA) is 93.1 Å². The van der Waals surface area contributed by atoms with Crippen LogP contribution in [0.2, 0.25) is 0 Å². The standard InChI is InChI=1S/C18H22O6/c1-3-23-11-5-7-13-9-10-15(17(19)20)16(18(21)22)14(13)8-6-12-24-4-2/h3-4,9-10H,1-2,5-8,11-12H2,(H,19,20)(H,21,22). The number of benzene rings is 1. The maximum absolute atomic E-state index is 11.6. The van der Waals surface area contributed by atoms with E-state index >= 15 is 0 Å². The van der Waals surface area contributed by atoms with Gasteiger partial charge in [0, 0.05) is 0 Å². The highest BCUT2D eigenvalue weighted by Crippen LogP contribution is 2.23. The molecule has 0 aliphatic carbocycles. The molecule has 0 spiro atoms. The van der Waals surface area contributed by atoms with Gasteiger partial charge in [-0.1, -0.05) is 19.2 Å². The van der Waals surface area contributed by atoms with Crippen LogP contribution in [-0.2, 0) is 22.3 Å². The molecule has 130 valence electrons. The van der Waals surface area contributed by atoms with Gasteiger partial charge < -0.3 is 19.7 Å².